The van der Waals surface area contributed by atoms with Crippen molar-refractivity contribution in [3.8, 4) is 0 Å². The van der Waals surface area contributed by atoms with E-state index in [9.17, 15) is 18.0 Å². The number of rotatable bonds is 2. The van der Waals surface area contributed by atoms with Crippen LogP contribution >= 0.6 is 0 Å². The van der Waals surface area contributed by atoms with Gasteiger partial charge in [0.05, 0.1) is 16.8 Å². The molecule has 0 unspecified atom stereocenters. The van der Waals surface area contributed by atoms with E-state index in [1.54, 1.807) is 0 Å². The zero-order valence-corrected chi connectivity index (χ0v) is 12.6. The predicted octanol–water partition coefficient (Wildman–Crippen LogP) is 4.60. The van der Waals surface area contributed by atoms with Crippen LogP contribution < -0.4 is 0 Å². The second-order valence-electron chi connectivity index (χ2n) is 5.51. The Morgan fingerprint density at radius 3 is 2.62 bits per heavy atom. The molecule has 0 saturated heterocycles. The molecule has 0 amide bonds. The fraction of sp³-hybridized carbons (Fsp3) is 0.222. The number of carbonyl (C=O) groups is 1. The Hall–Kier alpha value is -2.63. The van der Waals surface area contributed by atoms with E-state index in [4.69, 9.17) is 4.84 Å². The second-order valence-corrected chi connectivity index (χ2v) is 5.51. The molecule has 0 radical (unpaired) electrons. The van der Waals surface area contributed by atoms with Gasteiger partial charge < -0.3 is 4.84 Å². The van der Waals surface area contributed by atoms with Crippen LogP contribution in [0.15, 0.2) is 53.7 Å². The van der Waals surface area contributed by atoms with E-state index < -0.39 is 17.7 Å². The van der Waals surface area contributed by atoms with E-state index >= 15 is 0 Å². The first kappa shape index (κ1) is 16.2. The molecule has 6 heteroatoms. The Bertz CT molecular complexity index is 797. The molecule has 24 heavy (non-hydrogen) atoms. The smallest absolute Gasteiger partial charge is 0.313 e. The normalized spacial score (nSPS) is 15.9. The summed E-state index contributed by atoms with van der Waals surface area (Å²) in [4.78, 5) is 16.9. The third kappa shape index (κ3) is 3.48. The van der Waals surface area contributed by atoms with Gasteiger partial charge in [0.1, 0.15) is 0 Å². The Kier molecular flexibility index (Phi) is 4.38. The summed E-state index contributed by atoms with van der Waals surface area (Å²) in [7, 11) is 0. The Morgan fingerprint density at radius 1 is 1.04 bits per heavy atom. The maximum atomic E-state index is 12.7. The average molecular weight is 333 g/mol. The van der Waals surface area contributed by atoms with Crippen molar-refractivity contribution in [2.45, 2.75) is 25.4 Å². The summed E-state index contributed by atoms with van der Waals surface area (Å²) in [6.07, 6.45) is -2.04. The van der Waals surface area contributed by atoms with Gasteiger partial charge in [-0.25, -0.2) is 4.79 Å². The van der Waals surface area contributed by atoms with Crippen molar-refractivity contribution in [3.63, 3.8) is 0 Å². The third-order valence-electron chi connectivity index (χ3n) is 3.85. The highest BCUT2D eigenvalue weighted by Gasteiger charge is 2.31. The van der Waals surface area contributed by atoms with Crippen LogP contribution in [0.4, 0.5) is 13.2 Å². The molecule has 0 aromatic heterocycles. The molecule has 0 aliphatic heterocycles. The number of fused-ring (bicyclic) bond motifs is 1. The molecule has 2 aromatic rings. The van der Waals surface area contributed by atoms with Gasteiger partial charge in [-0.2, -0.15) is 13.2 Å². The van der Waals surface area contributed by atoms with Crippen LogP contribution in [-0.4, -0.2) is 11.7 Å². The van der Waals surface area contributed by atoms with Crippen molar-refractivity contribution in [2.75, 3.05) is 0 Å². The Morgan fingerprint density at radius 2 is 1.83 bits per heavy atom. The third-order valence-corrected chi connectivity index (χ3v) is 3.85. The number of halogens is 3. The van der Waals surface area contributed by atoms with Gasteiger partial charge in [0, 0.05) is 5.56 Å². The van der Waals surface area contributed by atoms with Gasteiger partial charge >= 0.3 is 12.1 Å². The lowest BCUT2D eigenvalue weighted by atomic mass is 9.90. The second kappa shape index (κ2) is 6.47. The molecule has 0 N–H and O–H groups in total. The van der Waals surface area contributed by atoms with Crippen molar-refractivity contribution in [1.29, 1.82) is 0 Å². The van der Waals surface area contributed by atoms with Crippen molar-refractivity contribution in [1.82, 2.24) is 0 Å². The molecule has 3 nitrogen and oxygen atoms in total. The Labute approximate surface area is 136 Å². The highest BCUT2D eigenvalue weighted by Crippen LogP contribution is 2.29. The van der Waals surface area contributed by atoms with E-state index in [0.29, 0.717) is 12.1 Å². The first-order valence-electron chi connectivity index (χ1n) is 7.49. The minimum absolute atomic E-state index is 0.182. The molecule has 3 rings (SSSR count). The molecular weight excluding hydrogens is 319 g/mol. The summed E-state index contributed by atoms with van der Waals surface area (Å²) < 4.78 is 38.1. The van der Waals surface area contributed by atoms with E-state index in [0.717, 1.165) is 36.1 Å². The summed E-state index contributed by atoms with van der Waals surface area (Å²) in [5.74, 6) is -0.906. The van der Waals surface area contributed by atoms with Crippen molar-refractivity contribution in [2.24, 2.45) is 5.16 Å². The zero-order valence-electron chi connectivity index (χ0n) is 12.6. The van der Waals surface area contributed by atoms with Crippen molar-refractivity contribution < 1.29 is 22.8 Å². The number of nitrogens with zero attached hydrogens (tertiary/aromatic N) is 1. The molecule has 0 spiro atoms. The van der Waals surface area contributed by atoms with Gasteiger partial charge in [0.15, 0.2) is 0 Å². The topological polar surface area (TPSA) is 38.7 Å². The monoisotopic (exact) mass is 333 g/mol. The van der Waals surface area contributed by atoms with E-state index in [1.807, 2.05) is 24.3 Å². The molecule has 1 aliphatic carbocycles. The number of benzene rings is 2. The van der Waals surface area contributed by atoms with E-state index in [1.165, 1.54) is 12.1 Å². The fourth-order valence-corrected chi connectivity index (χ4v) is 2.67. The minimum atomic E-state index is -4.51. The molecule has 0 bridgehead atoms. The highest BCUT2D eigenvalue weighted by atomic mass is 19.4. The Balaban J connectivity index is 1.79. The van der Waals surface area contributed by atoms with Gasteiger partial charge in [0.25, 0.3) is 0 Å². The summed E-state index contributed by atoms with van der Waals surface area (Å²) >= 11 is 0. The summed E-state index contributed by atoms with van der Waals surface area (Å²) in [6.45, 7) is 0. The van der Waals surface area contributed by atoms with Crippen LogP contribution in [0, 0.1) is 0 Å². The van der Waals surface area contributed by atoms with Gasteiger partial charge in [-0.1, -0.05) is 35.5 Å². The van der Waals surface area contributed by atoms with Crippen LogP contribution in [0.5, 0.6) is 0 Å². The lowest BCUT2D eigenvalue weighted by Crippen LogP contribution is -2.13. The molecule has 0 atom stereocenters. The summed E-state index contributed by atoms with van der Waals surface area (Å²) in [5, 5.41) is 3.88. The van der Waals surface area contributed by atoms with Crippen LogP contribution in [0.3, 0.4) is 0 Å². The fourth-order valence-electron chi connectivity index (χ4n) is 2.67. The predicted molar refractivity (Wildman–Crippen MR) is 82.8 cm³/mol. The molecular formula is C18H14F3NO2. The zero-order chi connectivity index (χ0) is 17.2. The highest BCUT2D eigenvalue weighted by molar-refractivity contribution is 6.03. The number of hydrogen-bond donors (Lipinski definition) is 0. The van der Waals surface area contributed by atoms with Crippen LogP contribution in [-0.2, 0) is 17.4 Å². The largest absolute Gasteiger partial charge is 0.416 e. The maximum absolute atomic E-state index is 12.7. The van der Waals surface area contributed by atoms with Crippen LogP contribution in [0.2, 0.25) is 0 Å². The molecule has 0 fully saturated rings. The van der Waals surface area contributed by atoms with Gasteiger partial charge in [-0.15, -0.1) is 0 Å². The number of oxime groups is 1. The molecule has 0 saturated carbocycles. The summed E-state index contributed by atoms with van der Waals surface area (Å²) in [6, 6.07) is 11.8. The van der Waals surface area contributed by atoms with Crippen molar-refractivity contribution in [3.05, 3.63) is 70.8 Å². The number of aryl methyl sites for hydroxylation is 1. The number of carbonyl (C=O) groups excluding carboxylic acids is 1. The molecule has 2 aromatic carbocycles. The maximum Gasteiger partial charge on any atom is 0.416 e. The number of alkyl halides is 3. The lowest BCUT2D eigenvalue weighted by molar-refractivity contribution is -0.137. The standard InChI is InChI=1S/C18H14F3NO2/c19-18(20,21)14-8-3-7-13(11-14)17(23)24-22-16-10-4-6-12-5-1-2-9-15(12)16/h1-3,5,7-9,11H,4,6,10H2/b22-16-. The van der Waals surface area contributed by atoms with Crippen LogP contribution in [0.1, 0.15) is 39.9 Å². The van der Waals surface area contributed by atoms with Crippen LogP contribution in [0.25, 0.3) is 0 Å². The van der Waals surface area contributed by atoms with Crippen molar-refractivity contribution >= 4 is 11.7 Å². The van der Waals surface area contributed by atoms with Gasteiger partial charge in [-0.3, -0.25) is 0 Å². The lowest BCUT2D eigenvalue weighted by Gasteiger charge is -2.16. The SMILES string of the molecule is O=C(O/N=C1/CCCc2ccccc21)c1cccc(C(F)(F)F)c1. The molecule has 124 valence electrons. The molecule has 1 aliphatic rings. The quantitative estimate of drug-likeness (QED) is 0.595. The van der Waals surface area contributed by atoms with Gasteiger partial charge in [0.2, 0.25) is 0 Å². The average Bonchev–Trinajstić information content (AvgIpc) is 2.59. The van der Waals surface area contributed by atoms with E-state index in [-0.39, 0.29) is 5.56 Å². The summed E-state index contributed by atoms with van der Waals surface area (Å²) in [5.41, 5.74) is 1.60. The van der Waals surface area contributed by atoms with Gasteiger partial charge in [-0.05, 0) is 43.0 Å². The first-order chi connectivity index (χ1) is 11.4. The first-order valence-corrected chi connectivity index (χ1v) is 7.49. The molecule has 0 heterocycles. The van der Waals surface area contributed by atoms with E-state index in [2.05, 4.69) is 5.16 Å². The number of hydrogen-bond acceptors (Lipinski definition) is 3. The minimum Gasteiger partial charge on any atom is -0.313 e.